The summed E-state index contributed by atoms with van der Waals surface area (Å²) in [6.45, 7) is 6.68. The Morgan fingerprint density at radius 1 is 1.40 bits per heavy atom. The third-order valence-electron chi connectivity index (χ3n) is 4.44. The van der Waals surface area contributed by atoms with E-state index < -0.39 is 0 Å². The van der Waals surface area contributed by atoms with Crippen LogP contribution in [0.25, 0.3) is 0 Å². The first kappa shape index (κ1) is 15.2. The number of hydrogen-bond donors (Lipinski definition) is 2. The number of aryl methyl sites for hydroxylation is 2. The third kappa shape index (κ3) is 3.11. The Balaban J connectivity index is 2.28. The van der Waals surface area contributed by atoms with E-state index in [0.29, 0.717) is 16.9 Å². The van der Waals surface area contributed by atoms with E-state index in [4.69, 9.17) is 22.9 Å². The maximum Gasteiger partial charge on any atom is 0.136 e. The highest BCUT2D eigenvalue weighted by atomic mass is 32.1. The average Bonchev–Trinajstić information content (AvgIpc) is 2.86. The Morgan fingerprint density at radius 2 is 2.10 bits per heavy atom. The molecule has 1 atom stereocenters. The van der Waals surface area contributed by atoms with Gasteiger partial charge in [-0.2, -0.15) is 0 Å². The van der Waals surface area contributed by atoms with Crippen molar-refractivity contribution < 1.29 is 0 Å². The number of aromatic nitrogens is 1. The number of nitrogens with one attached hydrogen (secondary N) is 1. The Labute approximate surface area is 127 Å². The molecule has 3 N–H and O–H groups in total. The molecule has 0 fully saturated rings. The molecule has 20 heavy (non-hydrogen) atoms. The summed E-state index contributed by atoms with van der Waals surface area (Å²) < 4.78 is 0. The molecule has 0 saturated carbocycles. The van der Waals surface area contributed by atoms with Crippen molar-refractivity contribution in [1.29, 1.82) is 0 Å². The Kier molecular flexibility index (Phi) is 4.97. The van der Waals surface area contributed by atoms with Crippen molar-refractivity contribution in [2.24, 2.45) is 11.7 Å². The maximum atomic E-state index is 5.88. The summed E-state index contributed by atoms with van der Waals surface area (Å²) in [7, 11) is 0. The largest absolute Gasteiger partial charge is 0.389 e. The molecule has 0 bridgehead atoms. The number of nitrogens with zero attached hydrogens (tertiary/aromatic N) is 1. The Morgan fingerprint density at radius 3 is 2.70 bits per heavy atom. The minimum Gasteiger partial charge on any atom is -0.389 e. The topological polar surface area (TPSA) is 50.9 Å². The monoisotopic (exact) mass is 291 g/mol. The lowest BCUT2D eigenvalue weighted by molar-refractivity contribution is 0.437. The van der Waals surface area contributed by atoms with Gasteiger partial charge in [0.05, 0.1) is 5.56 Å². The lowest BCUT2D eigenvalue weighted by Crippen LogP contribution is -2.27. The van der Waals surface area contributed by atoms with Gasteiger partial charge < -0.3 is 11.1 Å². The summed E-state index contributed by atoms with van der Waals surface area (Å²) in [6, 6.07) is 2.52. The van der Waals surface area contributed by atoms with E-state index in [1.165, 1.54) is 17.7 Å². The molecule has 1 aromatic rings. The number of nitrogens with two attached hydrogens (primary N) is 1. The van der Waals surface area contributed by atoms with Crippen molar-refractivity contribution in [3.8, 4) is 0 Å². The average molecular weight is 291 g/mol. The molecule has 3 nitrogen and oxygen atoms in total. The van der Waals surface area contributed by atoms with E-state index in [-0.39, 0.29) is 0 Å². The van der Waals surface area contributed by atoms with Gasteiger partial charge in [-0.25, -0.2) is 4.98 Å². The fraction of sp³-hybridized carbons (Fsp3) is 0.625. The second-order valence-corrected chi connectivity index (χ2v) is 6.16. The molecule has 1 unspecified atom stereocenters. The van der Waals surface area contributed by atoms with Gasteiger partial charge in [0.15, 0.2) is 0 Å². The molecule has 110 valence electrons. The van der Waals surface area contributed by atoms with E-state index in [0.717, 1.165) is 37.1 Å². The normalized spacial score (nSPS) is 15.2. The van der Waals surface area contributed by atoms with Gasteiger partial charge in [0.25, 0.3) is 0 Å². The molecule has 0 aromatic carbocycles. The number of rotatable bonds is 6. The minimum atomic E-state index is 0.380. The van der Waals surface area contributed by atoms with Crippen LogP contribution in [0.15, 0.2) is 6.07 Å². The highest BCUT2D eigenvalue weighted by Crippen LogP contribution is 2.27. The van der Waals surface area contributed by atoms with Gasteiger partial charge in [-0.3, -0.25) is 0 Å². The second-order valence-electron chi connectivity index (χ2n) is 5.72. The molecule has 0 spiro atoms. The van der Waals surface area contributed by atoms with E-state index >= 15 is 0 Å². The van der Waals surface area contributed by atoms with Gasteiger partial charge in [0, 0.05) is 11.7 Å². The van der Waals surface area contributed by atoms with Crippen LogP contribution in [0.5, 0.6) is 0 Å². The molecular weight excluding hydrogens is 266 g/mol. The molecule has 0 aliphatic heterocycles. The predicted molar refractivity (Wildman–Crippen MR) is 89.3 cm³/mol. The van der Waals surface area contributed by atoms with Crippen molar-refractivity contribution in [3.63, 3.8) is 0 Å². The quantitative estimate of drug-likeness (QED) is 0.788. The lowest BCUT2D eigenvalue weighted by atomic mass is 9.95. The van der Waals surface area contributed by atoms with Crippen LogP contribution in [-0.4, -0.2) is 16.0 Å². The first-order valence-electron chi connectivity index (χ1n) is 7.65. The second kappa shape index (κ2) is 6.53. The van der Waals surface area contributed by atoms with Crippen LogP contribution in [0.3, 0.4) is 0 Å². The fourth-order valence-corrected chi connectivity index (χ4v) is 3.25. The van der Waals surface area contributed by atoms with E-state index in [1.54, 1.807) is 0 Å². The van der Waals surface area contributed by atoms with Gasteiger partial charge in [-0.1, -0.05) is 38.9 Å². The van der Waals surface area contributed by atoms with Crippen LogP contribution in [0.2, 0.25) is 0 Å². The standard InChI is InChI=1S/C16H25N3S/c1-4-11(5-2)10(3)18-16-13(15(17)20)9-12-7-6-8-14(12)19-16/h9-11H,4-8H2,1-3H3,(H2,17,20)(H,18,19). The molecular formula is C16H25N3S. The molecule has 1 aliphatic rings. The van der Waals surface area contributed by atoms with Gasteiger partial charge in [-0.05, 0) is 43.7 Å². The predicted octanol–water partition coefficient (Wildman–Crippen LogP) is 3.44. The Bertz CT molecular complexity index is 495. The van der Waals surface area contributed by atoms with Crippen molar-refractivity contribution in [2.75, 3.05) is 5.32 Å². The molecule has 0 radical (unpaired) electrons. The van der Waals surface area contributed by atoms with Gasteiger partial charge in [0.1, 0.15) is 10.8 Å². The van der Waals surface area contributed by atoms with Crippen LogP contribution in [0.1, 0.15) is 56.9 Å². The van der Waals surface area contributed by atoms with Crippen molar-refractivity contribution >= 4 is 23.0 Å². The van der Waals surface area contributed by atoms with Crippen LogP contribution in [0, 0.1) is 5.92 Å². The highest BCUT2D eigenvalue weighted by Gasteiger charge is 2.20. The first-order valence-corrected chi connectivity index (χ1v) is 8.06. The van der Waals surface area contributed by atoms with E-state index in [9.17, 15) is 0 Å². The number of hydrogen-bond acceptors (Lipinski definition) is 3. The van der Waals surface area contributed by atoms with Gasteiger partial charge in [0.2, 0.25) is 0 Å². The molecule has 4 heteroatoms. The number of thiocarbonyl (C=S) groups is 1. The third-order valence-corrected chi connectivity index (χ3v) is 4.66. The zero-order chi connectivity index (χ0) is 14.7. The number of pyridine rings is 1. The zero-order valence-corrected chi connectivity index (χ0v) is 13.5. The molecule has 0 saturated heterocycles. The minimum absolute atomic E-state index is 0.380. The summed E-state index contributed by atoms with van der Waals surface area (Å²) in [5, 5.41) is 3.54. The van der Waals surface area contributed by atoms with E-state index in [1.807, 2.05) is 0 Å². The SMILES string of the molecule is CCC(CC)C(C)Nc1nc2c(cc1C(N)=S)CCC2. The summed E-state index contributed by atoms with van der Waals surface area (Å²) in [5.74, 6) is 1.52. The smallest absolute Gasteiger partial charge is 0.136 e. The highest BCUT2D eigenvalue weighted by molar-refractivity contribution is 7.80. The van der Waals surface area contributed by atoms with Gasteiger partial charge in [-0.15, -0.1) is 0 Å². The van der Waals surface area contributed by atoms with E-state index in [2.05, 4.69) is 32.2 Å². The Hall–Kier alpha value is -1.16. The summed E-state index contributed by atoms with van der Waals surface area (Å²) in [5.41, 5.74) is 9.30. The van der Waals surface area contributed by atoms with Gasteiger partial charge >= 0.3 is 0 Å². The van der Waals surface area contributed by atoms with Crippen molar-refractivity contribution in [1.82, 2.24) is 4.98 Å². The van der Waals surface area contributed by atoms with Crippen LogP contribution in [-0.2, 0) is 12.8 Å². The zero-order valence-electron chi connectivity index (χ0n) is 12.7. The molecule has 1 aliphatic carbocycles. The molecule has 2 rings (SSSR count). The van der Waals surface area contributed by atoms with Crippen molar-refractivity contribution in [2.45, 2.75) is 58.9 Å². The number of anilines is 1. The molecule has 0 amide bonds. The fourth-order valence-electron chi connectivity index (χ4n) is 3.10. The summed E-state index contributed by atoms with van der Waals surface area (Å²) in [4.78, 5) is 5.22. The summed E-state index contributed by atoms with van der Waals surface area (Å²) >= 11 is 5.19. The molecule has 1 aromatic heterocycles. The first-order chi connectivity index (χ1) is 9.56. The number of fused-ring (bicyclic) bond motifs is 1. The van der Waals surface area contributed by atoms with Crippen molar-refractivity contribution in [3.05, 3.63) is 22.9 Å². The summed E-state index contributed by atoms with van der Waals surface area (Å²) in [6.07, 6.45) is 5.68. The molecule has 1 heterocycles. The maximum absolute atomic E-state index is 5.88. The van der Waals surface area contributed by atoms with Crippen LogP contribution < -0.4 is 11.1 Å². The lowest BCUT2D eigenvalue weighted by Gasteiger charge is -2.24. The van der Waals surface area contributed by atoms with Crippen LogP contribution in [0.4, 0.5) is 5.82 Å². The van der Waals surface area contributed by atoms with Crippen LogP contribution >= 0.6 is 12.2 Å².